The number of carbonyl (C=O) groups excluding carboxylic acids is 3. The van der Waals surface area contributed by atoms with Crippen LogP contribution in [0.3, 0.4) is 0 Å². The molecule has 0 fully saturated rings. The van der Waals surface area contributed by atoms with Gasteiger partial charge in [0, 0.05) is 36.2 Å². The third-order valence-electron chi connectivity index (χ3n) is 6.37. The highest BCUT2D eigenvalue weighted by molar-refractivity contribution is 5.79. The molecule has 2 N–H and O–H groups in total. The van der Waals surface area contributed by atoms with E-state index < -0.39 is 47.5 Å². The summed E-state index contributed by atoms with van der Waals surface area (Å²) in [4.78, 5) is 41.9. The minimum absolute atomic E-state index is 0.0179. The van der Waals surface area contributed by atoms with Gasteiger partial charge in [-0.1, -0.05) is 24.3 Å². The molecular formula is C28H35N3O7. The third kappa shape index (κ3) is 5.91. The van der Waals surface area contributed by atoms with Gasteiger partial charge in [0.1, 0.15) is 29.3 Å². The number of fused-ring (bicyclic) bond motifs is 2. The Balaban J connectivity index is 1.59. The lowest BCUT2D eigenvalue weighted by Crippen LogP contribution is -2.42. The number of nitrogens with two attached hydrogens (primary N) is 1. The zero-order chi connectivity index (χ0) is 27.8. The van der Waals surface area contributed by atoms with Crippen LogP contribution in [-0.2, 0) is 35.0 Å². The van der Waals surface area contributed by atoms with Crippen LogP contribution in [0.2, 0.25) is 0 Å². The second kappa shape index (κ2) is 10.2. The van der Waals surface area contributed by atoms with Crippen LogP contribution in [0.4, 0.5) is 4.79 Å². The van der Waals surface area contributed by atoms with E-state index >= 15 is 0 Å². The maximum atomic E-state index is 13.3. The van der Waals surface area contributed by atoms with Crippen molar-refractivity contribution in [3.63, 3.8) is 0 Å². The molecule has 4 rings (SSSR count). The second-order valence-corrected chi connectivity index (χ2v) is 11.2. The van der Waals surface area contributed by atoms with E-state index in [1.54, 1.807) is 20.8 Å². The highest BCUT2D eigenvalue weighted by Crippen LogP contribution is 2.48. The van der Waals surface area contributed by atoms with Crippen molar-refractivity contribution in [3.05, 3.63) is 59.2 Å². The summed E-state index contributed by atoms with van der Waals surface area (Å²) in [6.45, 7) is 10.6. The number of esters is 2. The Hall–Kier alpha value is -3.66. The molecule has 0 saturated heterocycles. The van der Waals surface area contributed by atoms with Gasteiger partial charge in [0.15, 0.2) is 12.2 Å². The summed E-state index contributed by atoms with van der Waals surface area (Å²) < 4.78 is 24.6. The normalized spacial score (nSPS) is 20.9. The molecule has 2 aromatic rings. The first-order chi connectivity index (χ1) is 17.8. The fourth-order valence-corrected chi connectivity index (χ4v) is 4.65. The minimum Gasteiger partial charge on any atom is -0.487 e. The maximum absolute atomic E-state index is 13.3. The molecule has 1 aromatic carbocycles. The van der Waals surface area contributed by atoms with Crippen molar-refractivity contribution >= 4 is 23.8 Å². The molecular weight excluding hydrogens is 490 g/mol. The molecule has 38 heavy (non-hydrogen) atoms. The summed E-state index contributed by atoms with van der Waals surface area (Å²) in [7, 11) is 0. The summed E-state index contributed by atoms with van der Waals surface area (Å²) in [5.74, 6) is -0.557. The number of aromatic nitrogens is 2. The average molecular weight is 526 g/mol. The summed E-state index contributed by atoms with van der Waals surface area (Å²) in [6, 6.07) is 6.31. The van der Waals surface area contributed by atoms with Gasteiger partial charge in [-0.15, -0.1) is 0 Å². The molecule has 10 nitrogen and oxygen atoms in total. The smallest absolute Gasteiger partial charge is 0.420 e. The summed E-state index contributed by atoms with van der Waals surface area (Å²) in [5, 5.41) is 0. The van der Waals surface area contributed by atoms with Crippen molar-refractivity contribution in [2.75, 3.05) is 0 Å². The van der Waals surface area contributed by atoms with Crippen LogP contribution in [0.1, 0.15) is 77.3 Å². The number of imidazole rings is 1. The first-order valence-corrected chi connectivity index (χ1v) is 12.6. The zero-order valence-electron chi connectivity index (χ0n) is 22.6. The Labute approximate surface area is 222 Å². The number of nitrogens with zero attached hydrogens (tertiary/aromatic N) is 2. The van der Waals surface area contributed by atoms with Crippen LogP contribution in [0.15, 0.2) is 42.4 Å². The molecule has 10 heteroatoms. The molecule has 1 aromatic heterocycles. The van der Waals surface area contributed by atoms with Gasteiger partial charge in [0.2, 0.25) is 0 Å². The first kappa shape index (κ1) is 27.4. The Morgan fingerprint density at radius 2 is 1.89 bits per heavy atom. The van der Waals surface area contributed by atoms with Crippen molar-refractivity contribution < 1.29 is 33.3 Å². The van der Waals surface area contributed by atoms with Gasteiger partial charge >= 0.3 is 18.0 Å². The quantitative estimate of drug-likeness (QED) is 0.453. The predicted molar refractivity (Wildman–Crippen MR) is 138 cm³/mol. The Morgan fingerprint density at radius 3 is 2.58 bits per heavy atom. The predicted octanol–water partition coefficient (Wildman–Crippen LogP) is 4.07. The van der Waals surface area contributed by atoms with Gasteiger partial charge in [0.05, 0.1) is 5.69 Å². The fourth-order valence-electron chi connectivity index (χ4n) is 4.65. The number of ether oxygens (including phenoxy) is 4. The van der Waals surface area contributed by atoms with E-state index in [9.17, 15) is 14.4 Å². The van der Waals surface area contributed by atoms with E-state index in [0.29, 0.717) is 29.9 Å². The molecule has 204 valence electrons. The molecule has 2 aliphatic rings. The van der Waals surface area contributed by atoms with Gasteiger partial charge in [-0.2, -0.15) is 0 Å². The van der Waals surface area contributed by atoms with E-state index in [-0.39, 0.29) is 6.42 Å². The van der Waals surface area contributed by atoms with E-state index in [0.717, 1.165) is 11.1 Å². The largest absolute Gasteiger partial charge is 0.487 e. The van der Waals surface area contributed by atoms with Crippen LogP contribution >= 0.6 is 0 Å². The highest BCUT2D eigenvalue weighted by atomic mass is 16.6. The fraction of sp³-hybridized carbons (Fsp3) is 0.500. The Kier molecular flexibility index (Phi) is 7.38. The van der Waals surface area contributed by atoms with Gasteiger partial charge in [-0.3, -0.25) is 9.59 Å². The average Bonchev–Trinajstić information content (AvgIpc) is 3.27. The summed E-state index contributed by atoms with van der Waals surface area (Å²) in [6.07, 6.45) is 1.69. The molecule has 3 atom stereocenters. The first-order valence-electron chi connectivity index (χ1n) is 12.6. The topological polar surface area (TPSA) is 132 Å². The van der Waals surface area contributed by atoms with Crippen molar-refractivity contribution in [3.8, 4) is 0 Å². The van der Waals surface area contributed by atoms with E-state index in [1.165, 1.54) is 24.0 Å². The molecule has 1 aliphatic heterocycles. The minimum atomic E-state index is -1.12. The molecule has 2 heterocycles. The highest BCUT2D eigenvalue weighted by Gasteiger charge is 2.45. The van der Waals surface area contributed by atoms with E-state index in [1.807, 2.05) is 38.1 Å². The molecule has 3 unspecified atom stereocenters. The number of carbonyl (C=O) groups is 3. The van der Waals surface area contributed by atoms with Crippen molar-refractivity contribution in [1.29, 1.82) is 0 Å². The SMILES string of the molecule is CC(=O)OC1C2=C(OC(C)(C)CC2)c2ccccc2C1OC(=O)C(N)Cc1cncn1C(=O)OC(C)(C)C. The van der Waals surface area contributed by atoms with Gasteiger partial charge in [0.25, 0.3) is 0 Å². The summed E-state index contributed by atoms with van der Waals surface area (Å²) >= 11 is 0. The lowest BCUT2D eigenvalue weighted by Gasteiger charge is -2.42. The lowest BCUT2D eigenvalue weighted by molar-refractivity contribution is -0.166. The van der Waals surface area contributed by atoms with Crippen LogP contribution in [0.5, 0.6) is 0 Å². The van der Waals surface area contributed by atoms with Crippen molar-refractivity contribution in [2.24, 2.45) is 5.73 Å². The standard InChI is InChI=1S/C28H35N3O7/c1-16(32)35-24-20-11-12-28(5,6)37-22(20)18-9-7-8-10-19(18)23(24)36-25(33)21(29)13-17-14-30-15-31(17)26(34)38-27(2,3)4/h7-10,14-15,21,23-24H,11-13,29H2,1-6H3. The van der Waals surface area contributed by atoms with Crippen molar-refractivity contribution in [2.45, 2.75) is 90.3 Å². The van der Waals surface area contributed by atoms with Crippen LogP contribution < -0.4 is 5.73 Å². The van der Waals surface area contributed by atoms with E-state index in [2.05, 4.69) is 4.98 Å². The maximum Gasteiger partial charge on any atom is 0.420 e. The number of hydrogen-bond acceptors (Lipinski definition) is 9. The van der Waals surface area contributed by atoms with Crippen LogP contribution in [-0.4, -0.2) is 50.9 Å². The van der Waals surface area contributed by atoms with Crippen LogP contribution in [0.25, 0.3) is 5.76 Å². The molecule has 0 spiro atoms. The Bertz CT molecular complexity index is 1270. The molecule has 0 bridgehead atoms. The van der Waals surface area contributed by atoms with Gasteiger partial charge < -0.3 is 24.7 Å². The van der Waals surface area contributed by atoms with E-state index in [4.69, 9.17) is 24.7 Å². The molecule has 0 radical (unpaired) electrons. The molecule has 1 aliphatic carbocycles. The number of rotatable bonds is 5. The second-order valence-electron chi connectivity index (χ2n) is 11.2. The number of hydrogen-bond donors (Lipinski definition) is 1. The number of benzene rings is 1. The third-order valence-corrected chi connectivity index (χ3v) is 6.37. The zero-order valence-corrected chi connectivity index (χ0v) is 22.6. The van der Waals surface area contributed by atoms with Gasteiger partial charge in [-0.25, -0.2) is 14.3 Å². The molecule has 0 saturated carbocycles. The monoisotopic (exact) mass is 525 g/mol. The lowest BCUT2D eigenvalue weighted by atomic mass is 9.80. The Morgan fingerprint density at radius 1 is 1.18 bits per heavy atom. The van der Waals surface area contributed by atoms with Crippen molar-refractivity contribution in [1.82, 2.24) is 9.55 Å². The van der Waals surface area contributed by atoms with Gasteiger partial charge in [-0.05, 0) is 47.5 Å². The molecule has 0 amide bonds. The summed E-state index contributed by atoms with van der Waals surface area (Å²) in [5.41, 5.74) is 7.77. The van der Waals surface area contributed by atoms with Crippen LogP contribution in [0, 0.1) is 0 Å².